The molecule has 4 heteroatoms. The maximum Gasteiger partial charge on any atom is 0.307 e. The van der Waals surface area contributed by atoms with Crippen LogP contribution in [0.4, 0.5) is 0 Å². The van der Waals surface area contributed by atoms with Crippen molar-refractivity contribution in [1.82, 2.24) is 5.32 Å². The molecule has 0 radical (unpaired) electrons. The second kappa shape index (κ2) is 9.42. The third-order valence-electron chi connectivity index (χ3n) is 2.19. The van der Waals surface area contributed by atoms with Crippen molar-refractivity contribution in [3.8, 4) is 0 Å². The summed E-state index contributed by atoms with van der Waals surface area (Å²) in [5.74, 6) is -0.148. The van der Waals surface area contributed by atoms with E-state index in [1.165, 1.54) is 0 Å². The number of nitrogens with one attached hydrogen (secondary N) is 1. The Labute approximate surface area is 105 Å². The van der Waals surface area contributed by atoms with Crippen LogP contribution in [0.25, 0.3) is 0 Å². The highest BCUT2D eigenvalue weighted by atomic mass is 16.6. The van der Waals surface area contributed by atoms with Gasteiger partial charge in [-0.05, 0) is 40.2 Å². The zero-order valence-corrected chi connectivity index (χ0v) is 11.4. The lowest BCUT2D eigenvalue weighted by atomic mass is 10.2. The van der Waals surface area contributed by atoms with Crippen LogP contribution in [0, 0.1) is 0 Å². The predicted molar refractivity (Wildman–Crippen MR) is 68.9 cm³/mol. The number of carbonyl (C=O) groups excluding carboxylic acids is 1. The summed E-state index contributed by atoms with van der Waals surface area (Å²) < 4.78 is 5.19. The van der Waals surface area contributed by atoms with E-state index in [-0.39, 0.29) is 18.2 Å². The van der Waals surface area contributed by atoms with Gasteiger partial charge in [-0.25, -0.2) is 0 Å². The molecule has 0 saturated heterocycles. The molecule has 0 spiro atoms. The van der Waals surface area contributed by atoms with Crippen molar-refractivity contribution in [2.24, 2.45) is 0 Å². The maximum atomic E-state index is 11.3. The normalized spacial score (nSPS) is 11.5. The van der Waals surface area contributed by atoms with Gasteiger partial charge in [0.25, 0.3) is 0 Å². The van der Waals surface area contributed by atoms with Crippen molar-refractivity contribution < 1.29 is 14.6 Å². The summed E-state index contributed by atoms with van der Waals surface area (Å²) in [7, 11) is 0. The number of aliphatic hydroxyl groups excluding tert-OH is 1. The molecule has 102 valence electrons. The van der Waals surface area contributed by atoms with Crippen LogP contribution in [0.2, 0.25) is 0 Å². The second-order valence-electron chi connectivity index (χ2n) is 5.22. The van der Waals surface area contributed by atoms with Crippen molar-refractivity contribution in [1.29, 1.82) is 0 Å². The van der Waals surface area contributed by atoms with Crippen molar-refractivity contribution in [3.63, 3.8) is 0 Å². The van der Waals surface area contributed by atoms with Gasteiger partial charge in [-0.3, -0.25) is 4.79 Å². The standard InChI is InChI=1S/C13H27NO3/c1-13(2,3)17-12(16)8-10-14-9-6-4-5-7-11-15/h14-15H,4-11H2,1-3H3. The fourth-order valence-electron chi connectivity index (χ4n) is 1.42. The average molecular weight is 245 g/mol. The predicted octanol–water partition coefficient (Wildman–Crippen LogP) is 1.86. The number of rotatable bonds is 9. The summed E-state index contributed by atoms with van der Waals surface area (Å²) in [4.78, 5) is 11.3. The third-order valence-corrected chi connectivity index (χ3v) is 2.19. The summed E-state index contributed by atoms with van der Waals surface area (Å²) in [6.07, 6.45) is 4.60. The van der Waals surface area contributed by atoms with E-state index in [1.807, 2.05) is 20.8 Å². The Morgan fingerprint density at radius 3 is 2.35 bits per heavy atom. The van der Waals surface area contributed by atoms with Crippen molar-refractivity contribution >= 4 is 5.97 Å². The molecule has 0 rings (SSSR count). The highest BCUT2D eigenvalue weighted by molar-refractivity contribution is 5.70. The molecule has 0 aromatic heterocycles. The van der Waals surface area contributed by atoms with Crippen molar-refractivity contribution in [3.05, 3.63) is 0 Å². The molecule has 0 unspecified atom stereocenters. The first kappa shape index (κ1) is 16.4. The quantitative estimate of drug-likeness (QED) is 0.481. The van der Waals surface area contributed by atoms with Gasteiger partial charge in [0, 0.05) is 13.2 Å². The van der Waals surface area contributed by atoms with Gasteiger partial charge in [0.15, 0.2) is 0 Å². The van der Waals surface area contributed by atoms with Crippen LogP contribution < -0.4 is 5.32 Å². The van der Waals surface area contributed by atoms with E-state index in [4.69, 9.17) is 9.84 Å². The molecule has 0 heterocycles. The number of unbranched alkanes of at least 4 members (excludes halogenated alkanes) is 3. The lowest BCUT2D eigenvalue weighted by Crippen LogP contribution is -2.27. The van der Waals surface area contributed by atoms with Gasteiger partial charge in [-0.15, -0.1) is 0 Å². The van der Waals surface area contributed by atoms with E-state index >= 15 is 0 Å². The second-order valence-corrected chi connectivity index (χ2v) is 5.22. The van der Waals surface area contributed by atoms with Crippen LogP contribution >= 0.6 is 0 Å². The first-order chi connectivity index (χ1) is 7.95. The molecule has 0 aromatic rings. The van der Waals surface area contributed by atoms with Gasteiger partial charge in [0.2, 0.25) is 0 Å². The summed E-state index contributed by atoms with van der Waals surface area (Å²) >= 11 is 0. The number of ether oxygens (including phenoxy) is 1. The van der Waals surface area contributed by atoms with Crippen LogP contribution in [0.3, 0.4) is 0 Å². The van der Waals surface area contributed by atoms with Crippen molar-refractivity contribution in [2.75, 3.05) is 19.7 Å². The minimum absolute atomic E-state index is 0.148. The van der Waals surface area contributed by atoms with Gasteiger partial charge in [0.1, 0.15) is 5.60 Å². The lowest BCUT2D eigenvalue weighted by Gasteiger charge is -2.19. The number of aliphatic hydroxyl groups is 1. The number of hydrogen-bond donors (Lipinski definition) is 2. The van der Waals surface area contributed by atoms with E-state index in [1.54, 1.807) is 0 Å². The van der Waals surface area contributed by atoms with E-state index in [9.17, 15) is 4.79 Å². The third kappa shape index (κ3) is 13.3. The number of esters is 1. The minimum Gasteiger partial charge on any atom is -0.460 e. The number of carbonyl (C=O) groups is 1. The van der Waals surface area contributed by atoms with Gasteiger partial charge in [-0.2, -0.15) is 0 Å². The Bertz CT molecular complexity index is 199. The smallest absolute Gasteiger partial charge is 0.307 e. The molecule has 0 saturated carbocycles. The Balaban J connectivity index is 3.25. The highest BCUT2D eigenvalue weighted by Gasteiger charge is 2.15. The van der Waals surface area contributed by atoms with Gasteiger partial charge in [-0.1, -0.05) is 12.8 Å². The van der Waals surface area contributed by atoms with Crippen molar-refractivity contribution in [2.45, 2.75) is 58.5 Å². The fraction of sp³-hybridized carbons (Fsp3) is 0.923. The Morgan fingerprint density at radius 2 is 1.76 bits per heavy atom. The molecule has 0 aliphatic heterocycles. The zero-order valence-electron chi connectivity index (χ0n) is 11.4. The molecule has 0 amide bonds. The van der Waals surface area contributed by atoms with Crippen LogP contribution in [0.15, 0.2) is 0 Å². The molecule has 0 atom stereocenters. The van der Waals surface area contributed by atoms with E-state index < -0.39 is 0 Å². The van der Waals surface area contributed by atoms with Gasteiger partial charge >= 0.3 is 5.97 Å². The molecular weight excluding hydrogens is 218 g/mol. The lowest BCUT2D eigenvalue weighted by molar-refractivity contribution is -0.154. The topological polar surface area (TPSA) is 58.6 Å². The maximum absolute atomic E-state index is 11.3. The van der Waals surface area contributed by atoms with Crippen LogP contribution in [-0.4, -0.2) is 36.4 Å². The minimum atomic E-state index is -0.388. The first-order valence-electron chi connectivity index (χ1n) is 6.49. The molecule has 0 fully saturated rings. The van der Waals surface area contributed by atoms with Crippen LogP contribution in [0.1, 0.15) is 52.9 Å². The monoisotopic (exact) mass is 245 g/mol. The molecule has 0 bridgehead atoms. The Kier molecular flexibility index (Phi) is 9.09. The highest BCUT2D eigenvalue weighted by Crippen LogP contribution is 2.07. The summed E-state index contributed by atoms with van der Waals surface area (Å²) in [5, 5.41) is 11.8. The zero-order chi connectivity index (χ0) is 13.1. The fourth-order valence-corrected chi connectivity index (χ4v) is 1.42. The Morgan fingerprint density at radius 1 is 1.12 bits per heavy atom. The Hall–Kier alpha value is -0.610. The van der Waals surface area contributed by atoms with Crippen LogP contribution in [0.5, 0.6) is 0 Å². The van der Waals surface area contributed by atoms with Gasteiger partial charge in [0.05, 0.1) is 6.42 Å². The van der Waals surface area contributed by atoms with E-state index in [0.29, 0.717) is 13.0 Å². The average Bonchev–Trinajstić information content (AvgIpc) is 2.19. The molecule has 0 aliphatic rings. The van der Waals surface area contributed by atoms with Gasteiger partial charge < -0.3 is 15.2 Å². The number of hydrogen-bond acceptors (Lipinski definition) is 4. The molecule has 17 heavy (non-hydrogen) atoms. The largest absolute Gasteiger partial charge is 0.460 e. The first-order valence-corrected chi connectivity index (χ1v) is 6.49. The van der Waals surface area contributed by atoms with Crippen LogP contribution in [-0.2, 0) is 9.53 Å². The SMILES string of the molecule is CC(C)(C)OC(=O)CCNCCCCCCO. The molecule has 0 aromatic carbocycles. The summed E-state index contributed by atoms with van der Waals surface area (Å²) in [6.45, 7) is 7.51. The van der Waals surface area contributed by atoms with E-state index in [2.05, 4.69) is 5.32 Å². The molecule has 2 N–H and O–H groups in total. The molecule has 0 aliphatic carbocycles. The summed E-state index contributed by atoms with van der Waals surface area (Å²) in [5.41, 5.74) is -0.388. The summed E-state index contributed by atoms with van der Waals surface area (Å²) in [6, 6.07) is 0. The molecule has 4 nitrogen and oxygen atoms in total. The molecular formula is C13H27NO3. The van der Waals surface area contributed by atoms with E-state index in [0.717, 1.165) is 32.2 Å².